The van der Waals surface area contributed by atoms with Crippen LogP contribution < -0.4 is 22.9 Å². The SMILES string of the molecule is CC(C)c1cc(-c2cc(C(C)C)c(N)c(C(C)C)c2)cc(C(C)C)c1N.Cc1cc(-c2cc(C)c(N)c(C)c2)cc(C)c1N. The second-order valence-electron chi connectivity index (χ2n) is 13.8. The third-order valence-electron chi connectivity index (χ3n) is 8.83. The Balaban J connectivity index is 0.000000257. The fourth-order valence-electron chi connectivity index (χ4n) is 5.92. The molecule has 44 heavy (non-hydrogen) atoms. The summed E-state index contributed by atoms with van der Waals surface area (Å²) in [4.78, 5) is 0. The maximum absolute atomic E-state index is 6.49. The standard InChI is InChI=1S/C24H36N2.C16H20N2/c1-13(2)19-9-17(10-20(14(3)4)23(19)25)18-11-21(15(5)6)24(26)22(12-18)16(7)8;1-9-5-13(6-10(2)15(9)17)14-7-11(3)16(18)12(4)8-14/h9-16H,25-26H2,1-8H3;5-8H,17-18H2,1-4H3. The summed E-state index contributed by atoms with van der Waals surface area (Å²) in [5, 5.41) is 0. The van der Waals surface area contributed by atoms with Gasteiger partial charge in [0.05, 0.1) is 0 Å². The third-order valence-corrected chi connectivity index (χ3v) is 8.83. The first-order chi connectivity index (χ1) is 20.4. The summed E-state index contributed by atoms with van der Waals surface area (Å²) in [5.74, 6) is 1.59. The lowest BCUT2D eigenvalue weighted by molar-refractivity contribution is 0.837. The Morgan fingerprint density at radius 1 is 0.318 bits per heavy atom. The second-order valence-corrected chi connectivity index (χ2v) is 13.8. The van der Waals surface area contributed by atoms with Gasteiger partial charge in [-0.2, -0.15) is 0 Å². The normalized spacial score (nSPS) is 11.5. The van der Waals surface area contributed by atoms with E-state index in [1.54, 1.807) is 0 Å². The van der Waals surface area contributed by atoms with Crippen molar-refractivity contribution in [1.29, 1.82) is 0 Å². The quantitative estimate of drug-likeness (QED) is 0.167. The molecule has 4 aromatic carbocycles. The van der Waals surface area contributed by atoms with Crippen molar-refractivity contribution in [3.63, 3.8) is 0 Å². The Hall–Kier alpha value is -3.92. The molecular weight excluding hydrogens is 536 g/mol. The highest BCUT2D eigenvalue weighted by molar-refractivity contribution is 5.76. The molecule has 4 rings (SSSR count). The highest BCUT2D eigenvalue weighted by Crippen LogP contribution is 2.39. The van der Waals surface area contributed by atoms with Gasteiger partial charge in [0.1, 0.15) is 0 Å². The van der Waals surface area contributed by atoms with Crippen LogP contribution >= 0.6 is 0 Å². The minimum atomic E-state index is 0.398. The van der Waals surface area contributed by atoms with Crippen LogP contribution in [0.3, 0.4) is 0 Å². The summed E-state index contributed by atoms with van der Waals surface area (Å²) >= 11 is 0. The minimum absolute atomic E-state index is 0.398. The molecule has 0 saturated carbocycles. The molecule has 0 aliphatic rings. The number of anilines is 4. The molecule has 4 nitrogen and oxygen atoms in total. The van der Waals surface area contributed by atoms with Crippen molar-refractivity contribution in [2.24, 2.45) is 0 Å². The Bertz CT molecular complexity index is 1410. The van der Waals surface area contributed by atoms with Crippen LogP contribution in [0.4, 0.5) is 22.7 Å². The smallest absolute Gasteiger partial charge is 0.0384 e. The van der Waals surface area contributed by atoms with Crippen LogP contribution in [0, 0.1) is 27.7 Å². The lowest BCUT2D eigenvalue weighted by Crippen LogP contribution is -2.06. The Morgan fingerprint density at radius 2 is 0.500 bits per heavy atom. The molecule has 8 N–H and O–H groups in total. The number of benzene rings is 4. The third kappa shape index (κ3) is 7.41. The van der Waals surface area contributed by atoms with Gasteiger partial charge < -0.3 is 22.9 Å². The molecule has 4 aromatic rings. The predicted molar refractivity (Wildman–Crippen MR) is 197 cm³/mol. The van der Waals surface area contributed by atoms with Gasteiger partial charge in [-0.1, -0.05) is 55.4 Å². The maximum Gasteiger partial charge on any atom is 0.0384 e. The van der Waals surface area contributed by atoms with Gasteiger partial charge in [0.2, 0.25) is 0 Å². The average molecular weight is 593 g/mol. The highest BCUT2D eigenvalue weighted by Gasteiger charge is 2.18. The summed E-state index contributed by atoms with van der Waals surface area (Å²) in [6.45, 7) is 25.9. The first-order valence-electron chi connectivity index (χ1n) is 16.0. The van der Waals surface area contributed by atoms with Crippen LogP contribution in [0.25, 0.3) is 22.3 Å². The van der Waals surface area contributed by atoms with Gasteiger partial charge in [-0.15, -0.1) is 0 Å². The fraction of sp³-hybridized carbons (Fsp3) is 0.400. The Morgan fingerprint density at radius 3 is 0.682 bits per heavy atom. The molecule has 0 saturated heterocycles. The van der Waals surface area contributed by atoms with Gasteiger partial charge in [0.15, 0.2) is 0 Å². The summed E-state index contributed by atoms with van der Waals surface area (Å²) in [5.41, 5.74) is 42.9. The molecule has 0 bridgehead atoms. The highest BCUT2D eigenvalue weighted by atomic mass is 14.6. The van der Waals surface area contributed by atoms with Gasteiger partial charge >= 0.3 is 0 Å². The summed E-state index contributed by atoms with van der Waals surface area (Å²) in [7, 11) is 0. The molecule has 236 valence electrons. The van der Waals surface area contributed by atoms with Crippen LogP contribution in [-0.4, -0.2) is 0 Å². The summed E-state index contributed by atoms with van der Waals surface area (Å²) in [6.07, 6.45) is 0. The van der Waals surface area contributed by atoms with Crippen molar-refractivity contribution >= 4 is 22.7 Å². The van der Waals surface area contributed by atoms with Crippen molar-refractivity contribution in [1.82, 2.24) is 0 Å². The topological polar surface area (TPSA) is 104 Å². The molecule has 0 spiro atoms. The molecule has 0 unspecified atom stereocenters. The second kappa shape index (κ2) is 13.8. The maximum atomic E-state index is 6.49. The molecule has 0 radical (unpaired) electrons. The van der Waals surface area contributed by atoms with Crippen molar-refractivity contribution in [2.75, 3.05) is 22.9 Å². The Labute approximate surface area is 267 Å². The van der Waals surface area contributed by atoms with Gasteiger partial charge in [-0.05, 0) is 167 Å². The molecule has 4 heteroatoms. The van der Waals surface area contributed by atoms with E-state index < -0.39 is 0 Å². The van der Waals surface area contributed by atoms with Gasteiger partial charge in [0.25, 0.3) is 0 Å². The van der Waals surface area contributed by atoms with Crippen molar-refractivity contribution in [3.8, 4) is 22.3 Å². The average Bonchev–Trinajstić information content (AvgIpc) is 2.94. The molecule has 0 heterocycles. The first-order valence-corrected chi connectivity index (χ1v) is 16.0. The zero-order valence-corrected chi connectivity index (χ0v) is 29.2. The predicted octanol–water partition coefficient (Wildman–Crippen LogP) is 10.8. The minimum Gasteiger partial charge on any atom is -0.398 e. The number of hydrogen-bond donors (Lipinski definition) is 4. The largest absolute Gasteiger partial charge is 0.398 e. The van der Waals surface area contributed by atoms with Gasteiger partial charge in [-0.3, -0.25) is 0 Å². The number of nitrogens with two attached hydrogens (primary N) is 4. The first kappa shape index (κ1) is 34.6. The van der Waals surface area contributed by atoms with Crippen LogP contribution in [-0.2, 0) is 0 Å². The van der Waals surface area contributed by atoms with E-state index in [4.69, 9.17) is 22.9 Å². The van der Waals surface area contributed by atoms with E-state index >= 15 is 0 Å². The lowest BCUT2D eigenvalue weighted by Gasteiger charge is -2.22. The molecule has 0 aliphatic carbocycles. The number of aryl methyl sites for hydroxylation is 4. The summed E-state index contributed by atoms with van der Waals surface area (Å²) in [6, 6.07) is 17.6. The zero-order valence-electron chi connectivity index (χ0n) is 29.2. The van der Waals surface area contributed by atoms with Crippen molar-refractivity contribution in [2.45, 2.75) is 107 Å². The van der Waals surface area contributed by atoms with Crippen LogP contribution in [0.1, 0.15) is 124 Å². The van der Waals surface area contributed by atoms with Crippen molar-refractivity contribution < 1.29 is 0 Å². The van der Waals surface area contributed by atoms with Gasteiger partial charge in [0, 0.05) is 22.7 Å². The summed E-state index contributed by atoms with van der Waals surface area (Å²) < 4.78 is 0. The molecule has 0 atom stereocenters. The van der Waals surface area contributed by atoms with Crippen LogP contribution in [0.15, 0.2) is 48.5 Å². The van der Waals surface area contributed by atoms with E-state index in [1.807, 2.05) is 27.7 Å². The lowest BCUT2D eigenvalue weighted by atomic mass is 9.85. The zero-order chi connectivity index (χ0) is 33.2. The van der Waals surface area contributed by atoms with Crippen molar-refractivity contribution in [3.05, 3.63) is 93.0 Å². The van der Waals surface area contributed by atoms with E-state index in [9.17, 15) is 0 Å². The van der Waals surface area contributed by atoms with Crippen LogP contribution in [0.2, 0.25) is 0 Å². The molecule has 0 amide bonds. The fourth-order valence-corrected chi connectivity index (χ4v) is 5.92. The van der Waals surface area contributed by atoms with E-state index in [2.05, 4.69) is 104 Å². The van der Waals surface area contributed by atoms with E-state index in [0.717, 1.165) is 45.0 Å². The monoisotopic (exact) mass is 592 g/mol. The number of rotatable bonds is 6. The molecule has 0 aliphatic heterocycles. The molecule has 0 aromatic heterocycles. The van der Waals surface area contributed by atoms with E-state index in [1.165, 1.54) is 44.5 Å². The number of hydrogen-bond acceptors (Lipinski definition) is 4. The van der Waals surface area contributed by atoms with Gasteiger partial charge in [-0.25, -0.2) is 0 Å². The molecular formula is C40H56N4. The Kier molecular flexibility index (Phi) is 10.8. The molecule has 0 fully saturated rings. The number of nitrogen functional groups attached to an aromatic ring is 4. The van der Waals surface area contributed by atoms with E-state index in [0.29, 0.717) is 23.7 Å². The van der Waals surface area contributed by atoms with E-state index in [-0.39, 0.29) is 0 Å². The van der Waals surface area contributed by atoms with Crippen LogP contribution in [0.5, 0.6) is 0 Å².